The predicted molar refractivity (Wildman–Crippen MR) is 76.8 cm³/mol. The molecule has 2 rings (SSSR count). The van der Waals surface area contributed by atoms with E-state index in [1.54, 1.807) is 6.20 Å². The molecule has 1 N–H and O–H groups in total. The highest BCUT2D eigenvalue weighted by Gasteiger charge is 1.97. The maximum Gasteiger partial charge on any atom is 0.174 e. The number of halogens is 1. The predicted octanol–water partition coefficient (Wildman–Crippen LogP) is 3.36. The summed E-state index contributed by atoms with van der Waals surface area (Å²) in [7, 11) is 0. The van der Waals surface area contributed by atoms with Crippen LogP contribution in [-0.4, -0.2) is 11.6 Å². The van der Waals surface area contributed by atoms with Crippen LogP contribution in [0.5, 0.6) is 5.75 Å². The molecular weight excluding hydrogens is 306 g/mol. The van der Waals surface area contributed by atoms with Crippen molar-refractivity contribution in [2.45, 2.75) is 6.54 Å². The van der Waals surface area contributed by atoms with E-state index in [0.717, 1.165) is 15.9 Å². The molecule has 0 radical (unpaired) electrons. The maximum absolute atomic E-state index is 8.41. The summed E-state index contributed by atoms with van der Waals surface area (Å²) >= 11 is 3.35. The third kappa shape index (κ3) is 4.27. The van der Waals surface area contributed by atoms with Gasteiger partial charge in [-0.3, -0.25) is 4.98 Å². The number of pyridine rings is 1. The molecule has 0 atom stereocenters. The number of nitrogens with zero attached hydrogens (tertiary/aromatic N) is 2. The lowest BCUT2D eigenvalue weighted by Gasteiger charge is -2.07. The van der Waals surface area contributed by atoms with Gasteiger partial charge < -0.3 is 10.1 Å². The first-order valence-corrected chi connectivity index (χ1v) is 6.51. The quantitative estimate of drug-likeness (QED) is 0.918. The fourth-order valence-electron chi connectivity index (χ4n) is 1.49. The van der Waals surface area contributed by atoms with Crippen LogP contribution in [0.4, 0.5) is 5.69 Å². The largest absolute Gasteiger partial charge is 0.479 e. The van der Waals surface area contributed by atoms with Gasteiger partial charge in [-0.25, -0.2) is 0 Å². The van der Waals surface area contributed by atoms with Gasteiger partial charge in [0.15, 0.2) is 6.61 Å². The van der Waals surface area contributed by atoms with Gasteiger partial charge in [0.1, 0.15) is 11.8 Å². The molecule has 5 heteroatoms. The van der Waals surface area contributed by atoms with Crippen LogP contribution in [0, 0.1) is 11.3 Å². The first-order valence-electron chi connectivity index (χ1n) is 5.72. The summed E-state index contributed by atoms with van der Waals surface area (Å²) in [5.74, 6) is 0.689. The molecule has 0 saturated carbocycles. The molecule has 0 fully saturated rings. The second-order valence-corrected chi connectivity index (χ2v) is 4.71. The van der Waals surface area contributed by atoms with Gasteiger partial charge in [-0.15, -0.1) is 0 Å². The molecule has 0 amide bonds. The zero-order valence-corrected chi connectivity index (χ0v) is 11.7. The van der Waals surface area contributed by atoms with E-state index in [0.29, 0.717) is 12.3 Å². The van der Waals surface area contributed by atoms with Crippen molar-refractivity contribution in [2.24, 2.45) is 0 Å². The minimum Gasteiger partial charge on any atom is -0.479 e. The number of aromatic nitrogens is 1. The van der Waals surface area contributed by atoms with Crippen LogP contribution < -0.4 is 10.1 Å². The van der Waals surface area contributed by atoms with E-state index >= 15 is 0 Å². The summed E-state index contributed by atoms with van der Waals surface area (Å²) < 4.78 is 6.15. The Kier molecular flexibility index (Phi) is 4.76. The Labute approximate surface area is 120 Å². The van der Waals surface area contributed by atoms with Gasteiger partial charge >= 0.3 is 0 Å². The van der Waals surface area contributed by atoms with Gasteiger partial charge in [0, 0.05) is 16.4 Å². The Bertz CT molecular complexity index is 561. The molecule has 0 aliphatic carbocycles. The summed E-state index contributed by atoms with van der Waals surface area (Å²) in [4.78, 5) is 4.28. The highest BCUT2D eigenvalue weighted by Crippen LogP contribution is 2.16. The molecule has 1 heterocycles. The van der Waals surface area contributed by atoms with Crippen LogP contribution in [0.15, 0.2) is 47.1 Å². The molecular formula is C14H12BrN3O. The van der Waals surface area contributed by atoms with Crippen molar-refractivity contribution in [3.63, 3.8) is 0 Å². The molecule has 0 bridgehead atoms. The molecule has 4 nitrogen and oxygen atoms in total. The van der Waals surface area contributed by atoms with E-state index in [1.165, 1.54) is 0 Å². The molecule has 1 aromatic heterocycles. The Morgan fingerprint density at radius 2 is 2.00 bits per heavy atom. The molecule has 2 aromatic rings. The molecule has 19 heavy (non-hydrogen) atoms. The van der Waals surface area contributed by atoms with Crippen LogP contribution >= 0.6 is 15.9 Å². The van der Waals surface area contributed by atoms with E-state index in [1.807, 2.05) is 42.5 Å². The molecule has 0 spiro atoms. The summed E-state index contributed by atoms with van der Waals surface area (Å²) in [6.45, 7) is 0.723. The standard InChI is InChI=1S/C14H12BrN3O/c15-11-1-2-13(17-9-11)10-18-12-3-5-14(6-4-12)19-8-7-16/h1-6,9,18H,8,10H2. The number of hydrogen-bond donors (Lipinski definition) is 1. The van der Waals surface area contributed by atoms with Crippen molar-refractivity contribution in [1.29, 1.82) is 5.26 Å². The average Bonchev–Trinajstić information content (AvgIpc) is 2.46. The number of nitrogens with one attached hydrogen (secondary N) is 1. The zero-order valence-electron chi connectivity index (χ0n) is 10.1. The van der Waals surface area contributed by atoms with Crippen LogP contribution in [0.3, 0.4) is 0 Å². The molecule has 0 aliphatic rings. The monoisotopic (exact) mass is 317 g/mol. The van der Waals surface area contributed by atoms with Crippen molar-refractivity contribution in [1.82, 2.24) is 4.98 Å². The maximum atomic E-state index is 8.41. The van der Waals surface area contributed by atoms with Gasteiger partial charge in [0.05, 0.1) is 12.2 Å². The van der Waals surface area contributed by atoms with Gasteiger partial charge in [-0.2, -0.15) is 5.26 Å². The fraction of sp³-hybridized carbons (Fsp3) is 0.143. The minimum atomic E-state index is 0.0651. The molecule has 1 aromatic carbocycles. The lowest BCUT2D eigenvalue weighted by Crippen LogP contribution is -2.01. The smallest absolute Gasteiger partial charge is 0.174 e. The van der Waals surface area contributed by atoms with Crippen LogP contribution in [0.25, 0.3) is 0 Å². The van der Waals surface area contributed by atoms with E-state index < -0.39 is 0 Å². The molecule has 96 valence electrons. The normalized spacial score (nSPS) is 9.68. The highest BCUT2D eigenvalue weighted by atomic mass is 79.9. The Hall–Kier alpha value is -2.06. The lowest BCUT2D eigenvalue weighted by molar-refractivity contribution is 0.368. The molecule has 0 unspecified atom stereocenters. The van der Waals surface area contributed by atoms with Gasteiger partial charge in [-0.1, -0.05) is 0 Å². The number of rotatable bonds is 5. The lowest BCUT2D eigenvalue weighted by atomic mass is 10.3. The van der Waals surface area contributed by atoms with Crippen LogP contribution in [-0.2, 0) is 6.54 Å². The van der Waals surface area contributed by atoms with Crippen LogP contribution in [0.1, 0.15) is 5.69 Å². The summed E-state index contributed by atoms with van der Waals surface area (Å²) in [6.07, 6.45) is 1.77. The fourth-order valence-corrected chi connectivity index (χ4v) is 1.72. The second kappa shape index (κ2) is 6.76. The summed E-state index contributed by atoms with van der Waals surface area (Å²) in [5, 5.41) is 11.7. The number of nitriles is 1. The Morgan fingerprint density at radius 3 is 2.63 bits per heavy atom. The average molecular weight is 318 g/mol. The first-order chi connectivity index (χ1) is 9.28. The molecule has 0 saturated heterocycles. The van der Waals surface area contributed by atoms with Crippen molar-refractivity contribution in [2.75, 3.05) is 11.9 Å². The van der Waals surface area contributed by atoms with Gasteiger partial charge in [0.2, 0.25) is 0 Å². The summed E-state index contributed by atoms with van der Waals surface area (Å²) in [5.41, 5.74) is 1.95. The van der Waals surface area contributed by atoms with Crippen molar-refractivity contribution >= 4 is 21.6 Å². The number of anilines is 1. The molecule has 0 aliphatic heterocycles. The van der Waals surface area contributed by atoms with Gasteiger partial charge in [-0.05, 0) is 52.3 Å². The van der Waals surface area contributed by atoms with E-state index in [4.69, 9.17) is 10.00 Å². The van der Waals surface area contributed by atoms with E-state index in [9.17, 15) is 0 Å². The summed E-state index contributed by atoms with van der Waals surface area (Å²) in [6, 6.07) is 13.3. The third-order valence-corrected chi connectivity index (χ3v) is 2.89. The van der Waals surface area contributed by atoms with E-state index in [2.05, 4.69) is 26.2 Å². The highest BCUT2D eigenvalue weighted by molar-refractivity contribution is 9.10. The zero-order chi connectivity index (χ0) is 13.5. The van der Waals surface area contributed by atoms with Crippen molar-refractivity contribution in [3.8, 4) is 11.8 Å². The number of benzene rings is 1. The third-order valence-electron chi connectivity index (χ3n) is 2.42. The number of ether oxygens (including phenoxy) is 1. The van der Waals surface area contributed by atoms with Crippen LogP contribution in [0.2, 0.25) is 0 Å². The second-order valence-electron chi connectivity index (χ2n) is 3.79. The number of hydrogen-bond acceptors (Lipinski definition) is 4. The van der Waals surface area contributed by atoms with Crippen molar-refractivity contribution in [3.05, 3.63) is 52.8 Å². The van der Waals surface area contributed by atoms with Gasteiger partial charge in [0.25, 0.3) is 0 Å². The Morgan fingerprint density at radius 1 is 1.21 bits per heavy atom. The SMILES string of the molecule is N#CCOc1ccc(NCc2ccc(Br)cn2)cc1. The van der Waals surface area contributed by atoms with E-state index in [-0.39, 0.29) is 6.61 Å². The topological polar surface area (TPSA) is 57.9 Å². The minimum absolute atomic E-state index is 0.0651. The van der Waals surface area contributed by atoms with Crippen molar-refractivity contribution < 1.29 is 4.74 Å². The first kappa shape index (κ1) is 13.4. The Balaban J connectivity index is 1.89.